The summed E-state index contributed by atoms with van der Waals surface area (Å²) >= 11 is 6.00. The number of piperidine rings is 1. The smallest absolute Gasteiger partial charge is 0.133 e. The summed E-state index contributed by atoms with van der Waals surface area (Å²) in [5.41, 5.74) is 0. The van der Waals surface area contributed by atoms with Gasteiger partial charge >= 0.3 is 0 Å². The van der Waals surface area contributed by atoms with Crippen LogP contribution in [-0.4, -0.2) is 19.2 Å². The predicted octanol–water partition coefficient (Wildman–Crippen LogP) is 2.80. The Morgan fingerprint density at radius 2 is 1.93 bits per heavy atom. The molecular formula is C11H18ClNO. The fraction of sp³-hybridized carbons (Fsp3) is 0.636. The van der Waals surface area contributed by atoms with Crippen molar-refractivity contribution in [3.63, 3.8) is 0 Å². The Morgan fingerprint density at radius 3 is 2.43 bits per heavy atom. The zero-order chi connectivity index (χ0) is 10.4. The number of hydrogen-bond acceptors (Lipinski definition) is 2. The van der Waals surface area contributed by atoms with Crippen molar-refractivity contribution in [3.05, 3.63) is 22.9 Å². The van der Waals surface area contributed by atoms with E-state index in [1.165, 1.54) is 0 Å². The minimum Gasteiger partial charge on any atom is -0.489 e. The van der Waals surface area contributed by atoms with Crippen LogP contribution >= 0.6 is 11.6 Å². The third kappa shape index (κ3) is 3.35. The molecule has 0 aliphatic carbocycles. The Hall–Kier alpha value is -0.470. The SMILES string of the molecule is CC=C(Cl)C(=CC)OC1CCNCC1. The fourth-order valence-electron chi connectivity index (χ4n) is 1.50. The van der Waals surface area contributed by atoms with Gasteiger partial charge in [-0.05, 0) is 45.9 Å². The van der Waals surface area contributed by atoms with Gasteiger partial charge in [0.25, 0.3) is 0 Å². The summed E-state index contributed by atoms with van der Waals surface area (Å²) in [5.74, 6) is 0.807. The molecule has 0 spiro atoms. The summed E-state index contributed by atoms with van der Waals surface area (Å²) < 4.78 is 5.81. The van der Waals surface area contributed by atoms with Crippen LogP contribution in [0.15, 0.2) is 22.9 Å². The monoisotopic (exact) mass is 215 g/mol. The van der Waals surface area contributed by atoms with Crippen molar-refractivity contribution < 1.29 is 4.74 Å². The van der Waals surface area contributed by atoms with Crippen LogP contribution in [-0.2, 0) is 4.74 Å². The van der Waals surface area contributed by atoms with Gasteiger partial charge in [0.1, 0.15) is 11.9 Å². The average Bonchev–Trinajstić information content (AvgIpc) is 2.26. The molecule has 80 valence electrons. The average molecular weight is 216 g/mol. The number of rotatable bonds is 3. The van der Waals surface area contributed by atoms with Crippen LogP contribution in [0, 0.1) is 0 Å². The first-order chi connectivity index (χ1) is 6.77. The second-order valence-electron chi connectivity index (χ2n) is 3.36. The largest absolute Gasteiger partial charge is 0.489 e. The lowest BCUT2D eigenvalue weighted by molar-refractivity contribution is 0.0946. The van der Waals surface area contributed by atoms with Crippen LogP contribution in [0.3, 0.4) is 0 Å². The van der Waals surface area contributed by atoms with E-state index in [0.29, 0.717) is 11.1 Å². The maximum Gasteiger partial charge on any atom is 0.133 e. The van der Waals surface area contributed by atoms with Crippen molar-refractivity contribution in [3.8, 4) is 0 Å². The first kappa shape index (κ1) is 11.6. The van der Waals surface area contributed by atoms with Gasteiger partial charge in [-0.1, -0.05) is 17.7 Å². The van der Waals surface area contributed by atoms with Gasteiger partial charge in [-0.25, -0.2) is 0 Å². The van der Waals surface area contributed by atoms with E-state index in [1.807, 2.05) is 26.0 Å². The quantitative estimate of drug-likeness (QED) is 0.578. The molecule has 0 amide bonds. The molecule has 1 aliphatic rings. The number of nitrogens with one attached hydrogen (secondary N) is 1. The van der Waals surface area contributed by atoms with Crippen molar-refractivity contribution >= 4 is 11.6 Å². The van der Waals surface area contributed by atoms with E-state index in [2.05, 4.69) is 5.32 Å². The van der Waals surface area contributed by atoms with Gasteiger partial charge < -0.3 is 10.1 Å². The number of halogens is 1. The normalized spacial score (nSPS) is 21.1. The summed E-state index contributed by atoms with van der Waals surface area (Å²) in [6, 6.07) is 0. The Bertz CT molecular complexity index is 229. The van der Waals surface area contributed by atoms with Crippen LogP contribution in [0.5, 0.6) is 0 Å². The third-order valence-corrected chi connectivity index (χ3v) is 2.74. The highest BCUT2D eigenvalue weighted by molar-refractivity contribution is 6.31. The predicted molar refractivity (Wildman–Crippen MR) is 60.3 cm³/mol. The highest BCUT2D eigenvalue weighted by atomic mass is 35.5. The summed E-state index contributed by atoms with van der Waals surface area (Å²) in [6.07, 6.45) is 6.22. The van der Waals surface area contributed by atoms with Crippen molar-refractivity contribution in [1.82, 2.24) is 5.32 Å². The molecule has 0 radical (unpaired) electrons. The molecule has 0 saturated carbocycles. The first-order valence-electron chi connectivity index (χ1n) is 5.13. The first-order valence-corrected chi connectivity index (χ1v) is 5.51. The van der Waals surface area contributed by atoms with Crippen molar-refractivity contribution in [2.75, 3.05) is 13.1 Å². The summed E-state index contributed by atoms with van der Waals surface area (Å²) in [4.78, 5) is 0. The van der Waals surface area contributed by atoms with E-state index in [1.54, 1.807) is 0 Å². The minimum absolute atomic E-state index is 0.316. The van der Waals surface area contributed by atoms with Gasteiger partial charge in [-0.15, -0.1) is 0 Å². The van der Waals surface area contributed by atoms with E-state index >= 15 is 0 Å². The second kappa shape index (κ2) is 6.10. The maximum absolute atomic E-state index is 6.00. The summed E-state index contributed by atoms with van der Waals surface area (Å²) in [6.45, 7) is 5.93. The van der Waals surface area contributed by atoms with Gasteiger partial charge in [0, 0.05) is 0 Å². The van der Waals surface area contributed by atoms with Crippen molar-refractivity contribution in [2.24, 2.45) is 0 Å². The molecule has 14 heavy (non-hydrogen) atoms. The molecule has 0 aromatic rings. The van der Waals surface area contributed by atoms with Gasteiger partial charge in [0.05, 0.1) is 5.03 Å². The standard InChI is InChI=1S/C11H18ClNO/c1-3-10(12)11(4-2)14-9-5-7-13-8-6-9/h3-4,9,13H,5-8H2,1-2H3. The van der Waals surface area contributed by atoms with Crippen molar-refractivity contribution in [2.45, 2.75) is 32.8 Å². The summed E-state index contributed by atoms with van der Waals surface area (Å²) in [7, 11) is 0. The third-order valence-electron chi connectivity index (χ3n) is 2.33. The number of allylic oxidation sites excluding steroid dienone is 3. The minimum atomic E-state index is 0.316. The Labute approximate surface area is 91.0 Å². The van der Waals surface area contributed by atoms with Crippen LogP contribution in [0.2, 0.25) is 0 Å². The molecule has 1 saturated heterocycles. The van der Waals surface area contributed by atoms with E-state index in [0.717, 1.165) is 31.7 Å². The molecule has 0 unspecified atom stereocenters. The molecule has 0 aromatic carbocycles. The topological polar surface area (TPSA) is 21.3 Å². The zero-order valence-corrected chi connectivity index (χ0v) is 9.60. The summed E-state index contributed by atoms with van der Waals surface area (Å²) in [5, 5.41) is 4.00. The molecule has 0 bridgehead atoms. The molecule has 2 nitrogen and oxygen atoms in total. The Morgan fingerprint density at radius 1 is 1.29 bits per heavy atom. The Kier molecular flexibility index (Phi) is 5.05. The lowest BCUT2D eigenvalue weighted by Gasteiger charge is -2.24. The van der Waals surface area contributed by atoms with E-state index in [4.69, 9.17) is 16.3 Å². The number of ether oxygens (including phenoxy) is 1. The highest BCUT2D eigenvalue weighted by Crippen LogP contribution is 2.20. The zero-order valence-electron chi connectivity index (χ0n) is 8.85. The Balaban J connectivity index is 2.48. The van der Waals surface area contributed by atoms with Gasteiger partial charge in [-0.3, -0.25) is 0 Å². The second-order valence-corrected chi connectivity index (χ2v) is 3.76. The highest BCUT2D eigenvalue weighted by Gasteiger charge is 2.15. The fourth-order valence-corrected chi connectivity index (χ4v) is 1.65. The van der Waals surface area contributed by atoms with Crippen molar-refractivity contribution in [1.29, 1.82) is 0 Å². The lowest BCUT2D eigenvalue weighted by atomic mass is 10.1. The van der Waals surface area contributed by atoms with Gasteiger partial charge in [0.2, 0.25) is 0 Å². The van der Waals surface area contributed by atoms with E-state index in [9.17, 15) is 0 Å². The molecule has 0 atom stereocenters. The van der Waals surface area contributed by atoms with Crippen LogP contribution in [0.25, 0.3) is 0 Å². The maximum atomic E-state index is 6.00. The molecular weight excluding hydrogens is 198 g/mol. The molecule has 1 fully saturated rings. The van der Waals surface area contributed by atoms with Crippen LogP contribution < -0.4 is 5.32 Å². The van der Waals surface area contributed by atoms with Gasteiger partial charge in [0.15, 0.2) is 0 Å². The molecule has 0 aromatic heterocycles. The number of hydrogen-bond donors (Lipinski definition) is 1. The molecule has 1 rings (SSSR count). The lowest BCUT2D eigenvalue weighted by Crippen LogP contribution is -2.32. The van der Waals surface area contributed by atoms with Gasteiger partial charge in [-0.2, -0.15) is 0 Å². The molecule has 1 aliphatic heterocycles. The van der Waals surface area contributed by atoms with E-state index < -0.39 is 0 Å². The van der Waals surface area contributed by atoms with E-state index in [-0.39, 0.29) is 0 Å². The van der Waals surface area contributed by atoms with Crippen LogP contribution in [0.4, 0.5) is 0 Å². The molecule has 1 N–H and O–H groups in total. The van der Waals surface area contributed by atoms with Crippen LogP contribution in [0.1, 0.15) is 26.7 Å². The molecule has 3 heteroatoms. The molecule has 1 heterocycles.